The smallest absolute Gasteiger partial charge is 0.270 e. The van der Waals surface area contributed by atoms with Crippen LogP contribution in [0.3, 0.4) is 0 Å². The van der Waals surface area contributed by atoms with Crippen molar-refractivity contribution in [1.82, 2.24) is 39.5 Å². The van der Waals surface area contributed by atoms with Crippen molar-refractivity contribution < 1.29 is 24.0 Å². The molecule has 2 saturated heterocycles. The molecular formula is C40H46N10O5S. The van der Waals surface area contributed by atoms with E-state index in [1.165, 1.54) is 0 Å². The summed E-state index contributed by atoms with van der Waals surface area (Å²) >= 11 is 1.63. The average molecular weight is 779 g/mol. The number of amides is 5. The summed E-state index contributed by atoms with van der Waals surface area (Å²) in [6.07, 6.45) is 9.59. The highest BCUT2D eigenvalue weighted by molar-refractivity contribution is 7.99. The van der Waals surface area contributed by atoms with Crippen LogP contribution in [0.25, 0.3) is 11.0 Å². The molecule has 292 valence electrons. The van der Waals surface area contributed by atoms with Gasteiger partial charge in [-0.1, -0.05) is 18.9 Å². The molecule has 4 aliphatic rings. The molecule has 3 aliphatic heterocycles. The number of aromatic nitrogens is 4. The lowest BCUT2D eigenvalue weighted by Crippen LogP contribution is -2.52. The first kappa shape index (κ1) is 37.4. The minimum atomic E-state index is -0.643. The van der Waals surface area contributed by atoms with Crippen LogP contribution in [0.1, 0.15) is 83.8 Å². The molecule has 0 bridgehead atoms. The van der Waals surface area contributed by atoms with Crippen molar-refractivity contribution in [1.29, 1.82) is 0 Å². The van der Waals surface area contributed by atoms with E-state index in [0.717, 1.165) is 58.6 Å². The van der Waals surface area contributed by atoms with Crippen LogP contribution in [0.5, 0.6) is 0 Å². The van der Waals surface area contributed by atoms with Gasteiger partial charge in [-0.3, -0.25) is 29.3 Å². The number of imide groups is 1. The highest BCUT2D eigenvalue weighted by Gasteiger charge is 2.40. The Balaban J connectivity index is 0.812. The van der Waals surface area contributed by atoms with Gasteiger partial charge in [0.25, 0.3) is 11.8 Å². The molecule has 3 aromatic heterocycles. The Kier molecular flexibility index (Phi) is 10.6. The fraction of sp³-hybridized carbons (Fsp3) is 0.450. The Labute approximate surface area is 329 Å². The molecule has 1 atom stereocenters. The SMILES string of the molecule is CN(C)C(=O)c1cc2cnc(Nc3ccc(N4CCN(C(=O)CCCSc5cccc6c5CN(C5CCC(=O)NC5=O)C6=O)CC4)cn3)nc2n1C1CCCC1. The quantitative estimate of drug-likeness (QED) is 0.126. The third-order valence-electron chi connectivity index (χ3n) is 11.2. The van der Waals surface area contributed by atoms with Gasteiger partial charge in [0, 0.05) is 87.7 Å². The van der Waals surface area contributed by atoms with Gasteiger partial charge in [0.1, 0.15) is 23.2 Å². The molecule has 2 N–H and O–H groups in total. The van der Waals surface area contributed by atoms with Crippen molar-refractivity contribution in [2.75, 3.05) is 56.2 Å². The fourth-order valence-corrected chi connectivity index (χ4v) is 9.26. The standard InChI is InChI=1S/C40H46N10O5S/c1-46(2)39(55)31-21-25-22-42-40(45-36(25)50(31)26-7-3-4-8-26)43-33-14-12-27(23-41-33)47-16-18-48(19-17-47)35(52)11-6-20-56-32-10-5-9-28-29(32)24-49(38(28)54)30-13-15-34(51)44-37(30)53/h5,9-10,12,14,21-23,26,30H,3-4,6-8,11,13,15-20,24H2,1-2H3,(H,44,51,53)(H,41,42,43,45). The van der Waals surface area contributed by atoms with E-state index >= 15 is 0 Å². The second-order valence-corrected chi connectivity index (χ2v) is 16.2. The zero-order chi connectivity index (χ0) is 38.9. The summed E-state index contributed by atoms with van der Waals surface area (Å²) in [5.41, 5.74) is 3.86. The zero-order valence-corrected chi connectivity index (χ0v) is 32.5. The van der Waals surface area contributed by atoms with Gasteiger partial charge < -0.3 is 29.5 Å². The van der Waals surface area contributed by atoms with Crippen LogP contribution < -0.4 is 15.5 Å². The third-order valence-corrected chi connectivity index (χ3v) is 12.4. The second-order valence-electron chi connectivity index (χ2n) is 15.0. The van der Waals surface area contributed by atoms with Crippen molar-refractivity contribution in [3.8, 4) is 0 Å². The number of pyridine rings is 1. The Morgan fingerprint density at radius 1 is 0.982 bits per heavy atom. The van der Waals surface area contributed by atoms with Crippen molar-refractivity contribution in [2.45, 2.75) is 74.9 Å². The van der Waals surface area contributed by atoms with E-state index in [2.05, 4.69) is 30.1 Å². The summed E-state index contributed by atoms with van der Waals surface area (Å²) in [4.78, 5) is 85.7. The zero-order valence-electron chi connectivity index (χ0n) is 31.7. The Bertz CT molecular complexity index is 2180. The summed E-state index contributed by atoms with van der Waals surface area (Å²) in [5, 5.41) is 6.42. The minimum Gasteiger partial charge on any atom is -0.367 e. The van der Waals surface area contributed by atoms with E-state index < -0.39 is 11.9 Å². The van der Waals surface area contributed by atoms with Crippen molar-refractivity contribution in [2.24, 2.45) is 0 Å². The first-order valence-electron chi connectivity index (χ1n) is 19.4. The van der Waals surface area contributed by atoms with Crippen LogP contribution in [0, 0.1) is 0 Å². The maximum absolute atomic E-state index is 13.2. The lowest BCUT2D eigenvalue weighted by Gasteiger charge is -2.36. The van der Waals surface area contributed by atoms with E-state index in [9.17, 15) is 24.0 Å². The van der Waals surface area contributed by atoms with Crippen molar-refractivity contribution in [3.05, 3.63) is 65.6 Å². The molecule has 5 amide bonds. The Hall–Kier alpha value is -5.51. The molecule has 1 aromatic carbocycles. The molecule has 1 saturated carbocycles. The number of rotatable bonds is 11. The lowest BCUT2D eigenvalue weighted by molar-refractivity contribution is -0.137. The number of fused-ring (bicyclic) bond motifs is 2. The summed E-state index contributed by atoms with van der Waals surface area (Å²) in [6.45, 7) is 3.00. The number of anilines is 3. The van der Waals surface area contributed by atoms with Gasteiger partial charge in [-0.2, -0.15) is 4.98 Å². The average Bonchev–Trinajstić information content (AvgIpc) is 3.95. The van der Waals surface area contributed by atoms with Crippen LogP contribution in [-0.4, -0.2) is 116 Å². The molecule has 1 unspecified atom stereocenters. The summed E-state index contributed by atoms with van der Waals surface area (Å²) in [6, 6.07) is 11.0. The van der Waals surface area contributed by atoms with Gasteiger partial charge >= 0.3 is 0 Å². The number of hydrogen-bond acceptors (Lipinski definition) is 11. The second kappa shape index (κ2) is 15.9. The molecule has 3 fully saturated rings. The van der Waals surface area contributed by atoms with Crippen LogP contribution in [0.2, 0.25) is 0 Å². The largest absolute Gasteiger partial charge is 0.367 e. The number of benzene rings is 1. The molecule has 4 aromatic rings. The van der Waals surface area contributed by atoms with Crippen LogP contribution >= 0.6 is 11.8 Å². The molecule has 0 radical (unpaired) electrons. The summed E-state index contributed by atoms with van der Waals surface area (Å²) in [7, 11) is 3.53. The number of piperidine rings is 1. The normalized spacial score (nSPS) is 18.8. The summed E-state index contributed by atoms with van der Waals surface area (Å²) < 4.78 is 2.10. The van der Waals surface area contributed by atoms with E-state index in [4.69, 9.17) is 4.98 Å². The van der Waals surface area contributed by atoms with Gasteiger partial charge in [0.2, 0.25) is 23.7 Å². The van der Waals surface area contributed by atoms with Crippen molar-refractivity contribution >= 4 is 69.8 Å². The molecule has 0 spiro atoms. The van der Waals surface area contributed by atoms with E-state index in [1.54, 1.807) is 47.9 Å². The van der Waals surface area contributed by atoms with Crippen LogP contribution in [0.15, 0.2) is 53.7 Å². The maximum atomic E-state index is 13.2. The number of piperazine rings is 1. The van der Waals surface area contributed by atoms with Gasteiger partial charge in [0.15, 0.2) is 0 Å². The maximum Gasteiger partial charge on any atom is 0.270 e. The Morgan fingerprint density at radius 3 is 2.52 bits per heavy atom. The van der Waals surface area contributed by atoms with Crippen LogP contribution in [-0.2, 0) is 20.9 Å². The first-order chi connectivity index (χ1) is 27.1. The number of carbonyl (C=O) groups is 5. The van der Waals surface area contributed by atoms with E-state index in [1.807, 2.05) is 41.4 Å². The third kappa shape index (κ3) is 7.53. The lowest BCUT2D eigenvalue weighted by atomic mass is 10.0. The molecule has 8 rings (SSSR count). The predicted molar refractivity (Wildman–Crippen MR) is 212 cm³/mol. The number of nitrogens with zero attached hydrogens (tertiary/aromatic N) is 8. The van der Waals surface area contributed by atoms with Gasteiger partial charge in [0.05, 0.1) is 11.9 Å². The van der Waals surface area contributed by atoms with Gasteiger partial charge in [-0.25, -0.2) is 9.97 Å². The molecule has 16 heteroatoms. The highest BCUT2D eigenvalue weighted by Crippen LogP contribution is 2.36. The fourth-order valence-electron chi connectivity index (χ4n) is 8.23. The predicted octanol–water partition coefficient (Wildman–Crippen LogP) is 4.37. The summed E-state index contributed by atoms with van der Waals surface area (Å²) in [5.74, 6) is 0.945. The van der Waals surface area contributed by atoms with Gasteiger partial charge in [-0.05, 0) is 67.3 Å². The minimum absolute atomic E-state index is 0.0446. The van der Waals surface area contributed by atoms with Gasteiger partial charge in [-0.15, -0.1) is 11.8 Å². The van der Waals surface area contributed by atoms with Crippen molar-refractivity contribution in [3.63, 3.8) is 0 Å². The first-order valence-corrected chi connectivity index (χ1v) is 20.4. The number of carbonyl (C=O) groups excluding carboxylic acids is 5. The molecule has 15 nitrogen and oxygen atoms in total. The number of nitrogens with one attached hydrogen (secondary N) is 2. The number of hydrogen-bond donors (Lipinski definition) is 2. The van der Waals surface area contributed by atoms with E-state index in [-0.39, 0.29) is 36.1 Å². The highest BCUT2D eigenvalue weighted by atomic mass is 32.2. The van der Waals surface area contributed by atoms with Crippen LogP contribution in [0.4, 0.5) is 17.5 Å². The molecule has 56 heavy (non-hydrogen) atoms. The monoisotopic (exact) mass is 778 g/mol. The Morgan fingerprint density at radius 2 is 1.79 bits per heavy atom. The number of thioether (sulfide) groups is 1. The topological polar surface area (TPSA) is 166 Å². The molecule has 6 heterocycles. The molecular weight excluding hydrogens is 733 g/mol. The molecule has 1 aliphatic carbocycles. The van der Waals surface area contributed by atoms with E-state index in [0.29, 0.717) is 75.0 Å².